The average molecular weight is 1210 g/mol. The van der Waals surface area contributed by atoms with Crippen LogP contribution in [0.5, 0.6) is 5.75 Å². The predicted molar refractivity (Wildman–Crippen MR) is 359 cm³/mol. The zero-order valence-electron chi connectivity index (χ0n) is 51.5. The number of nitrogens with zero attached hydrogens (tertiary/aromatic N) is 4. The number of Topliss-reactive ketones (excluding diaryl/α,β-unsaturated/α-hetero) is 1. The van der Waals surface area contributed by atoms with Gasteiger partial charge in [-0.1, -0.05) is 79.9 Å². The van der Waals surface area contributed by atoms with E-state index in [1.165, 1.54) is 31.3 Å². The van der Waals surface area contributed by atoms with E-state index in [-0.39, 0.29) is 11.7 Å². The summed E-state index contributed by atoms with van der Waals surface area (Å²) in [5.41, 5.74) is 14.6. The molecule has 9 rings (SSSR count). The number of nitrogens with one attached hydrogen (secondary N) is 1. The van der Waals surface area contributed by atoms with E-state index in [0.29, 0.717) is 87.1 Å². The maximum atomic E-state index is 12.8. The number of amides is 1. The number of rotatable bonds is 25. The molecule has 5 N–H and O–H groups in total. The first-order chi connectivity index (χ1) is 41.2. The number of hydrogen-bond acceptors (Lipinski definition) is 10. The van der Waals surface area contributed by atoms with E-state index in [0.717, 1.165) is 78.2 Å². The number of hydrogen-bond donors (Lipinski definition) is 5. The molecule has 2 aliphatic rings. The van der Waals surface area contributed by atoms with E-state index >= 15 is 0 Å². The van der Waals surface area contributed by atoms with Crippen molar-refractivity contribution in [3.63, 3.8) is 0 Å². The average Bonchev–Trinajstić information content (AvgIpc) is 0.781. The molecule has 7 aromatic rings. The van der Waals surface area contributed by atoms with Gasteiger partial charge in [-0.15, -0.1) is 0 Å². The molecule has 15 heteroatoms. The van der Waals surface area contributed by atoms with Gasteiger partial charge in [0.2, 0.25) is 5.91 Å². The summed E-state index contributed by atoms with van der Waals surface area (Å²) in [5.74, 6) is 5.65. The van der Waals surface area contributed by atoms with E-state index < -0.39 is 27.5 Å². The molecular weight excluding hydrogens is 1130 g/mol. The monoisotopic (exact) mass is 1210 g/mol. The van der Waals surface area contributed by atoms with Crippen molar-refractivity contribution in [2.24, 2.45) is 0 Å². The number of unbranched alkanes of at least 4 members (excludes halogenated alkanes) is 1. The molecule has 1 heterocycles. The quantitative estimate of drug-likeness (QED) is 0.0124. The molecule has 0 fully saturated rings. The van der Waals surface area contributed by atoms with Gasteiger partial charge < -0.3 is 25.4 Å². The standard InChI is InChI=1S/C71H81B2GeN5O7/c1-47(2)68(80)27-18-19-37-78(43-51-21-12-16-25-64(51)72(82)83)46-63-56-24-15-14-23-55(56)62(45-79(38-20-36-75-71(81)48(3)4)44-52-22-13-17-26-65(52)73(84)85)57-32-28-49(39-60(57)63)50-29-35-69(86-11)61(40-50)70-58-33-30-53(76(7)8)41-66(58)74(5,6)67-42-54(77(9)10)31-34-59(67)70/h12-17,21-26,28-35,39-42,82-85H,1,3,18-20,27,36-38,43-46H2,2,4-11H3/p+1. The summed E-state index contributed by atoms with van der Waals surface area (Å²) in [6.45, 7) is 14.6. The summed E-state index contributed by atoms with van der Waals surface area (Å²) in [4.78, 5) is 32.4. The van der Waals surface area contributed by atoms with Crippen LogP contribution in [0.4, 0.5) is 5.69 Å². The molecule has 0 bridgehead atoms. The van der Waals surface area contributed by atoms with Crippen molar-refractivity contribution < 1.29 is 39.0 Å². The number of carbonyl (C=O) groups excluding carboxylic acids is 2. The summed E-state index contributed by atoms with van der Waals surface area (Å²) < 4.78 is 11.4. The van der Waals surface area contributed by atoms with E-state index in [2.05, 4.69) is 175 Å². The SMILES string of the molecule is C=C(C)C(=O)CCCCN(Cc1ccccc1B(O)O)Cc1c2ccccc2c(CN(CCCNC(=O)C(=C)C)Cc2ccccc2B(O)O)c2ccc(-c3ccc(OC)c(C4=C5C=CC(=[N+](C)C)C=[C]5[Ge]([CH3])([CH3])[c]5cc(N(C)C)ccc54)c3)cc12. The summed E-state index contributed by atoms with van der Waals surface area (Å²) in [6.07, 6.45) is 9.37. The van der Waals surface area contributed by atoms with Gasteiger partial charge in [0.15, 0.2) is 5.78 Å². The van der Waals surface area contributed by atoms with Gasteiger partial charge in [-0.2, -0.15) is 0 Å². The van der Waals surface area contributed by atoms with Crippen molar-refractivity contribution in [1.82, 2.24) is 15.1 Å². The van der Waals surface area contributed by atoms with Crippen molar-refractivity contribution in [1.29, 1.82) is 0 Å². The van der Waals surface area contributed by atoms with Crippen molar-refractivity contribution in [3.8, 4) is 16.9 Å². The molecule has 0 radical (unpaired) electrons. The zero-order valence-corrected chi connectivity index (χ0v) is 53.6. The number of ketones is 1. The molecule has 0 aromatic heterocycles. The first kappa shape index (κ1) is 63.1. The van der Waals surface area contributed by atoms with Gasteiger partial charge in [-0.05, 0) is 67.3 Å². The molecule has 1 aliphatic heterocycles. The Labute approximate surface area is 511 Å². The Kier molecular flexibility index (Phi) is 20.2. The third-order valence-corrected chi connectivity index (χ3v) is 24.5. The fraction of sp³-hybridized carbons (Fsp3) is 0.282. The van der Waals surface area contributed by atoms with E-state index in [1.54, 1.807) is 33.1 Å². The van der Waals surface area contributed by atoms with Crippen LogP contribution in [0.3, 0.4) is 0 Å². The second kappa shape index (κ2) is 27.5. The van der Waals surface area contributed by atoms with Crippen LogP contribution in [0, 0.1) is 0 Å². The maximum absolute atomic E-state index is 12.8. The van der Waals surface area contributed by atoms with Gasteiger partial charge in [0, 0.05) is 38.2 Å². The third kappa shape index (κ3) is 13.9. The van der Waals surface area contributed by atoms with E-state index in [4.69, 9.17) is 4.74 Å². The van der Waals surface area contributed by atoms with Crippen molar-refractivity contribution in [2.75, 3.05) is 59.8 Å². The molecule has 7 aromatic carbocycles. The third-order valence-electron chi connectivity index (χ3n) is 17.1. The second-order valence-electron chi connectivity index (χ2n) is 24.0. The number of benzene rings is 7. The molecule has 0 saturated heterocycles. The Morgan fingerprint density at radius 2 is 1.21 bits per heavy atom. The van der Waals surface area contributed by atoms with Crippen LogP contribution < -0.4 is 30.3 Å². The van der Waals surface area contributed by atoms with Crippen LogP contribution in [0.25, 0.3) is 38.2 Å². The zero-order chi connectivity index (χ0) is 61.6. The number of carbonyl (C=O) groups is 2. The summed E-state index contributed by atoms with van der Waals surface area (Å²) in [5, 5.41) is 49.7. The Balaban J connectivity index is 1.25. The van der Waals surface area contributed by atoms with Gasteiger partial charge in [0.05, 0.1) is 0 Å². The summed E-state index contributed by atoms with van der Waals surface area (Å²) >= 11 is -2.95. The van der Waals surface area contributed by atoms with Crippen molar-refractivity contribution >= 4 is 93.0 Å². The number of methoxy groups -OCH3 is 1. The summed E-state index contributed by atoms with van der Waals surface area (Å²) in [7, 11) is 6.84. The molecule has 12 nitrogen and oxygen atoms in total. The second-order valence-corrected chi connectivity index (χ2v) is 33.1. The van der Waals surface area contributed by atoms with Crippen LogP contribution in [0.15, 0.2) is 180 Å². The van der Waals surface area contributed by atoms with Crippen molar-refractivity contribution in [3.05, 3.63) is 213 Å². The molecule has 1 amide bonds. The Hall–Kier alpha value is -7.40. The molecule has 0 atom stereocenters. The molecule has 0 saturated carbocycles. The van der Waals surface area contributed by atoms with Gasteiger partial charge in [0.1, 0.15) is 0 Å². The summed E-state index contributed by atoms with van der Waals surface area (Å²) in [6, 6.07) is 43.7. The Morgan fingerprint density at radius 1 is 0.640 bits per heavy atom. The van der Waals surface area contributed by atoms with Gasteiger partial charge >= 0.3 is 277 Å². The van der Waals surface area contributed by atoms with Crippen LogP contribution in [0.1, 0.15) is 72.9 Å². The van der Waals surface area contributed by atoms with Gasteiger partial charge in [0.25, 0.3) is 0 Å². The molecule has 1 aliphatic carbocycles. The fourth-order valence-electron chi connectivity index (χ4n) is 12.3. The van der Waals surface area contributed by atoms with Crippen LogP contribution >= 0.6 is 0 Å². The fourth-order valence-corrected chi connectivity index (χ4v) is 18.8. The Bertz CT molecular complexity index is 3900. The van der Waals surface area contributed by atoms with Crippen molar-refractivity contribution in [2.45, 2.75) is 77.2 Å². The number of fused-ring (bicyclic) bond motifs is 4. The minimum atomic E-state index is -2.95. The molecule has 442 valence electrons. The first-order valence-electron chi connectivity index (χ1n) is 29.8. The van der Waals surface area contributed by atoms with Crippen LogP contribution in [-0.2, 0) is 35.8 Å². The van der Waals surface area contributed by atoms with Crippen LogP contribution in [-0.4, -0.2) is 134 Å². The molecule has 86 heavy (non-hydrogen) atoms. The van der Waals surface area contributed by atoms with E-state index in [9.17, 15) is 29.7 Å². The predicted octanol–water partition coefficient (Wildman–Crippen LogP) is 8.98. The van der Waals surface area contributed by atoms with Gasteiger partial charge in [-0.3, -0.25) is 14.5 Å². The Morgan fingerprint density at radius 3 is 1.79 bits per heavy atom. The first-order valence-corrected chi connectivity index (χ1v) is 36.1. The molecule has 0 spiro atoms. The topological polar surface area (TPSA) is 149 Å². The number of anilines is 1. The van der Waals surface area contributed by atoms with E-state index in [1.807, 2.05) is 36.4 Å². The number of ether oxygens (including phenoxy) is 1. The number of allylic oxidation sites excluding steroid dienone is 6. The van der Waals surface area contributed by atoms with Gasteiger partial charge in [-0.25, -0.2) is 0 Å². The minimum absolute atomic E-state index is 0.0485. The normalized spacial score (nSPS) is 13.4. The molecule has 0 unspecified atom stereocenters. The van der Waals surface area contributed by atoms with Crippen LogP contribution in [0.2, 0.25) is 11.5 Å². The molecular formula is C71H82B2GeN5O7+.